The maximum Gasteiger partial charge on any atom is 0.239 e. The Morgan fingerprint density at radius 1 is 1.29 bits per heavy atom. The molecule has 6 nitrogen and oxygen atoms in total. The fraction of sp³-hybridized carbons (Fsp3) is 0.455. The molecule has 0 bridgehead atoms. The molecule has 1 aromatic carbocycles. The van der Waals surface area contributed by atoms with E-state index in [1.54, 1.807) is 19.5 Å². The summed E-state index contributed by atoms with van der Waals surface area (Å²) < 4.78 is 11.9. The van der Waals surface area contributed by atoms with Crippen molar-refractivity contribution >= 4 is 5.91 Å². The predicted molar refractivity (Wildman–Crippen MR) is 106 cm³/mol. The molecule has 1 spiro atoms. The summed E-state index contributed by atoms with van der Waals surface area (Å²) in [4.78, 5) is 18.7. The highest BCUT2D eigenvalue weighted by molar-refractivity contribution is 5.82. The predicted octanol–water partition coefficient (Wildman–Crippen LogP) is 2.05. The lowest BCUT2D eigenvalue weighted by Crippen LogP contribution is -2.52. The van der Waals surface area contributed by atoms with Gasteiger partial charge in [-0.15, -0.1) is 0 Å². The van der Waals surface area contributed by atoms with E-state index in [1.165, 1.54) is 5.56 Å². The van der Waals surface area contributed by atoms with Gasteiger partial charge in [-0.1, -0.05) is 12.1 Å². The van der Waals surface area contributed by atoms with Crippen molar-refractivity contribution in [2.75, 3.05) is 26.8 Å². The van der Waals surface area contributed by atoms with E-state index in [9.17, 15) is 4.79 Å². The number of fused-ring (bicyclic) bond motifs is 2. The number of likely N-dealkylation sites (tertiary alicyclic amines) is 1. The Balaban J connectivity index is 1.46. The Kier molecular flexibility index (Phi) is 5.33. The van der Waals surface area contributed by atoms with Gasteiger partial charge < -0.3 is 20.1 Å². The molecule has 1 atom stereocenters. The van der Waals surface area contributed by atoms with E-state index in [4.69, 9.17) is 15.2 Å². The molecule has 1 amide bonds. The molecular weight excluding hydrogens is 354 g/mol. The molecule has 1 saturated heterocycles. The van der Waals surface area contributed by atoms with E-state index in [2.05, 4.69) is 11.1 Å². The Morgan fingerprint density at radius 3 is 2.75 bits per heavy atom. The van der Waals surface area contributed by atoms with Crippen LogP contribution in [0.25, 0.3) is 0 Å². The van der Waals surface area contributed by atoms with Gasteiger partial charge in [0, 0.05) is 31.0 Å². The first kappa shape index (κ1) is 18.9. The van der Waals surface area contributed by atoms with E-state index in [-0.39, 0.29) is 11.5 Å². The van der Waals surface area contributed by atoms with Crippen molar-refractivity contribution in [3.63, 3.8) is 0 Å². The van der Waals surface area contributed by atoms with Crippen LogP contribution in [0.3, 0.4) is 0 Å². The highest BCUT2D eigenvalue weighted by Gasteiger charge is 2.44. The van der Waals surface area contributed by atoms with Crippen LogP contribution in [0, 0.1) is 0 Å². The third-order valence-corrected chi connectivity index (χ3v) is 5.94. The van der Waals surface area contributed by atoms with E-state index < -0.39 is 6.04 Å². The number of carbonyl (C=O) groups is 1. The zero-order chi connectivity index (χ0) is 19.6. The summed E-state index contributed by atoms with van der Waals surface area (Å²) in [5.74, 6) is 0.883. The van der Waals surface area contributed by atoms with Gasteiger partial charge in [-0.2, -0.15) is 0 Å². The Bertz CT molecular complexity index is 818. The summed E-state index contributed by atoms with van der Waals surface area (Å²) in [6, 6.07) is 9.45. The lowest BCUT2D eigenvalue weighted by Gasteiger charge is -2.45. The van der Waals surface area contributed by atoms with Crippen molar-refractivity contribution in [1.29, 1.82) is 0 Å². The van der Waals surface area contributed by atoms with Gasteiger partial charge >= 0.3 is 0 Å². The first-order valence-electron chi connectivity index (χ1n) is 9.86. The molecular formula is C22H27N3O3. The van der Waals surface area contributed by atoms with E-state index in [0.29, 0.717) is 26.1 Å². The van der Waals surface area contributed by atoms with Crippen molar-refractivity contribution in [2.24, 2.45) is 5.73 Å². The average Bonchev–Trinajstić information content (AvgIpc) is 2.74. The highest BCUT2D eigenvalue weighted by atomic mass is 16.5. The number of benzene rings is 1. The lowest BCUT2D eigenvalue weighted by atomic mass is 9.78. The molecule has 2 aromatic rings. The Hall–Kier alpha value is -2.44. The van der Waals surface area contributed by atoms with Crippen LogP contribution in [-0.4, -0.2) is 48.6 Å². The summed E-state index contributed by atoms with van der Waals surface area (Å²) in [7, 11) is 1.70. The molecule has 148 valence electrons. The molecule has 2 N–H and O–H groups in total. The zero-order valence-electron chi connectivity index (χ0n) is 16.3. The molecule has 2 aliphatic rings. The van der Waals surface area contributed by atoms with Crippen LogP contribution in [0.15, 0.2) is 42.7 Å². The van der Waals surface area contributed by atoms with Gasteiger partial charge in [-0.05, 0) is 55.0 Å². The largest absolute Gasteiger partial charge is 0.496 e. The molecule has 0 aliphatic carbocycles. The number of hydrogen-bond acceptors (Lipinski definition) is 5. The van der Waals surface area contributed by atoms with Crippen LogP contribution < -0.4 is 10.5 Å². The van der Waals surface area contributed by atoms with Crippen LogP contribution >= 0.6 is 0 Å². The zero-order valence-corrected chi connectivity index (χ0v) is 16.3. The van der Waals surface area contributed by atoms with Crippen LogP contribution in [0.5, 0.6) is 5.75 Å². The second-order valence-electron chi connectivity index (χ2n) is 7.58. The minimum Gasteiger partial charge on any atom is -0.496 e. The van der Waals surface area contributed by atoms with Crippen molar-refractivity contribution in [2.45, 2.75) is 37.3 Å². The molecule has 1 aromatic heterocycles. The fourth-order valence-corrected chi connectivity index (χ4v) is 4.48. The number of pyridine rings is 1. The maximum absolute atomic E-state index is 12.9. The Labute approximate surface area is 165 Å². The number of nitrogens with two attached hydrogens (primary N) is 1. The average molecular weight is 381 g/mol. The van der Waals surface area contributed by atoms with Crippen LogP contribution in [0.1, 0.15) is 29.5 Å². The topological polar surface area (TPSA) is 77.7 Å². The van der Waals surface area contributed by atoms with E-state index in [1.807, 2.05) is 29.2 Å². The third-order valence-electron chi connectivity index (χ3n) is 5.94. The Morgan fingerprint density at radius 2 is 2.04 bits per heavy atom. The maximum atomic E-state index is 12.9. The SMILES string of the molecule is COc1cccc2c1C1(CCN(C(=O)[C@H](N)Cc3ccncc3)CC1)OCC2. The summed E-state index contributed by atoms with van der Waals surface area (Å²) >= 11 is 0. The minimum absolute atomic E-state index is 0.00252. The second kappa shape index (κ2) is 7.89. The van der Waals surface area contributed by atoms with Gasteiger partial charge in [-0.25, -0.2) is 0 Å². The van der Waals surface area contributed by atoms with Crippen molar-refractivity contribution in [3.8, 4) is 5.75 Å². The number of piperidine rings is 1. The first-order valence-corrected chi connectivity index (χ1v) is 9.86. The van der Waals surface area contributed by atoms with Gasteiger partial charge in [0.15, 0.2) is 0 Å². The molecule has 0 unspecified atom stereocenters. The summed E-state index contributed by atoms with van der Waals surface area (Å²) in [5, 5.41) is 0. The molecule has 2 aliphatic heterocycles. The molecule has 1 fully saturated rings. The number of methoxy groups -OCH3 is 1. The number of amides is 1. The number of nitrogens with zero attached hydrogens (tertiary/aromatic N) is 2. The van der Waals surface area contributed by atoms with Gasteiger partial charge in [-0.3, -0.25) is 9.78 Å². The van der Waals surface area contributed by atoms with Crippen molar-refractivity contribution < 1.29 is 14.3 Å². The number of carbonyl (C=O) groups excluding carboxylic acids is 1. The first-order chi connectivity index (χ1) is 13.6. The van der Waals surface area contributed by atoms with E-state index >= 15 is 0 Å². The number of hydrogen-bond donors (Lipinski definition) is 1. The molecule has 0 saturated carbocycles. The lowest BCUT2D eigenvalue weighted by molar-refractivity contribution is -0.142. The quantitative estimate of drug-likeness (QED) is 0.877. The summed E-state index contributed by atoms with van der Waals surface area (Å²) in [5.41, 5.74) is 9.32. The fourth-order valence-electron chi connectivity index (χ4n) is 4.48. The molecule has 0 radical (unpaired) electrons. The number of aromatic nitrogens is 1. The minimum atomic E-state index is -0.537. The van der Waals surface area contributed by atoms with Crippen molar-refractivity contribution in [3.05, 3.63) is 59.4 Å². The number of ether oxygens (including phenoxy) is 2. The van der Waals surface area contributed by atoms with Crippen LogP contribution in [0.2, 0.25) is 0 Å². The monoisotopic (exact) mass is 381 g/mol. The molecule has 6 heteroatoms. The normalized spacial score (nSPS) is 19.1. The van der Waals surface area contributed by atoms with Gasteiger partial charge in [0.05, 0.1) is 19.8 Å². The third kappa shape index (κ3) is 3.50. The second-order valence-corrected chi connectivity index (χ2v) is 7.58. The van der Waals surface area contributed by atoms with E-state index in [0.717, 1.165) is 36.1 Å². The summed E-state index contributed by atoms with van der Waals surface area (Å²) in [6.45, 7) is 1.98. The number of rotatable bonds is 4. The van der Waals surface area contributed by atoms with Gasteiger partial charge in [0.2, 0.25) is 5.91 Å². The van der Waals surface area contributed by atoms with Crippen LogP contribution in [-0.2, 0) is 28.0 Å². The molecule has 4 rings (SSSR count). The van der Waals surface area contributed by atoms with Gasteiger partial charge in [0.1, 0.15) is 11.4 Å². The molecule has 3 heterocycles. The van der Waals surface area contributed by atoms with Crippen LogP contribution in [0.4, 0.5) is 0 Å². The highest BCUT2D eigenvalue weighted by Crippen LogP contribution is 2.45. The van der Waals surface area contributed by atoms with Gasteiger partial charge in [0.25, 0.3) is 0 Å². The smallest absolute Gasteiger partial charge is 0.239 e. The summed E-state index contributed by atoms with van der Waals surface area (Å²) in [6.07, 6.45) is 6.39. The van der Waals surface area contributed by atoms with Crippen molar-refractivity contribution in [1.82, 2.24) is 9.88 Å². The standard InChI is InChI=1S/C22H27N3O3/c1-27-19-4-2-3-17-7-14-28-22(20(17)19)8-12-25(13-9-22)21(26)18(23)15-16-5-10-24-11-6-16/h2-6,10-11,18H,7-9,12-15,23H2,1H3/t18-/m1/s1. The molecule has 28 heavy (non-hydrogen) atoms.